The van der Waals surface area contributed by atoms with Crippen molar-refractivity contribution in [2.45, 2.75) is 16.8 Å². The minimum Gasteiger partial charge on any atom is -0.368 e. The van der Waals surface area contributed by atoms with Crippen LogP contribution < -0.4 is 0 Å². The summed E-state index contributed by atoms with van der Waals surface area (Å²) < 4.78 is 30.8. The Morgan fingerprint density at radius 1 is 1.15 bits per heavy atom. The first-order chi connectivity index (χ1) is 9.54. The maximum absolute atomic E-state index is 12.4. The smallest absolute Gasteiger partial charge is 0.182 e. The number of halogens is 1. The molecule has 1 unspecified atom stereocenters. The molecule has 0 bridgehead atoms. The molecule has 0 N–H and O–H groups in total. The first kappa shape index (κ1) is 13.8. The van der Waals surface area contributed by atoms with Crippen LogP contribution in [0.4, 0.5) is 0 Å². The Morgan fingerprint density at radius 3 is 2.50 bits per heavy atom. The molecule has 3 nitrogen and oxygen atoms in total. The van der Waals surface area contributed by atoms with Crippen molar-refractivity contribution in [2.75, 3.05) is 6.61 Å². The highest BCUT2D eigenvalue weighted by molar-refractivity contribution is 9.10. The van der Waals surface area contributed by atoms with Crippen molar-refractivity contribution in [3.63, 3.8) is 0 Å². The van der Waals surface area contributed by atoms with Crippen LogP contribution in [0.2, 0.25) is 0 Å². The summed E-state index contributed by atoms with van der Waals surface area (Å²) in [6.07, 6.45) is 0.144. The van der Waals surface area contributed by atoms with Crippen LogP contribution in [0.5, 0.6) is 0 Å². The maximum atomic E-state index is 12.4. The van der Waals surface area contributed by atoms with Gasteiger partial charge in [-0.25, -0.2) is 8.42 Å². The highest BCUT2D eigenvalue weighted by Crippen LogP contribution is 2.30. The molecule has 3 rings (SSSR count). The van der Waals surface area contributed by atoms with Crippen molar-refractivity contribution < 1.29 is 13.2 Å². The molecule has 1 atom stereocenters. The van der Waals surface area contributed by atoms with Crippen molar-refractivity contribution in [3.05, 3.63) is 64.1 Å². The highest BCUT2D eigenvalue weighted by Gasteiger charge is 2.25. The molecule has 0 saturated carbocycles. The van der Waals surface area contributed by atoms with E-state index in [-0.39, 0.29) is 11.9 Å². The topological polar surface area (TPSA) is 46.7 Å². The minimum atomic E-state index is -3.31. The van der Waals surface area contributed by atoms with Crippen LogP contribution in [-0.4, -0.2) is 15.0 Å². The molecule has 0 aliphatic carbocycles. The lowest BCUT2D eigenvalue weighted by Gasteiger charge is -2.06. The number of hydrogen-bond acceptors (Lipinski definition) is 3. The van der Waals surface area contributed by atoms with Crippen molar-refractivity contribution in [1.29, 1.82) is 0 Å². The SMILES string of the molecule is O=S(=O)(Cc1cccc(C2CO2)c1)c1ccc(Br)cc1. The molecule has 0 amide bonds. The van der Waals surface area contributed by atoms with E-state index in [0.717, 1.165) is 22.2 Å². The lowest BCUT2D eigenvalue weighted by Crippen LogP contribution is -2.05. The first-order valence-corrected chi connectivity index (χ1v) is 8.68. The maximum Gasteiger partial charge on any atom is 0.182 e. The van der Waals surface area contributed by atoms with E-state index < -0.39 is 9.84 Å². The number of sulfone groups is 1. The molecule has 1 aliphatic heterocycles. The van der Waals surface area contributed by atoms with Gasteiger partial charge in [0.2, 0.25) is 0 Å². The fourth-order valence-corrected chi connectivity index (χ4v) is 3.67. The molecule has 20 heavy (non-hydrogen) atoms. The molecule has 1 fully saturated rings. The summed E-state index contributed by atoms with van der Waals surface area (Å²) in [5.41, 5.74) is 1.84. The Balaban J connectivity index is 1.85. The number of benzene rings is 2. The predicted octanol–water partition coefficient (Wildman–Crippen LogP) is 3.49. The van der Waals surface area contributed by atoms with Gasteiger partial charge >= 0.3 is 0 Å². The van der Waals surface area contributed by atoms with Crippen LogP contribution in [0.1, 0.15) is 17.2 Å². The Hall–Kier alpha value is -1.17. The second-order valence-corrected chi connectivity index (χ2v) is 7.69. The van der Waals surface area contributed by atoms with E-state index in [2.05, 4.69) is 15.9 Å². The number of epoxide rings is 1. The summed E-state index contributed by atoms with van der Waals surface area (Å²) in [6.45, 7) is 0.725. The van der Waals surface area contributed by atoms with Gasteiger partial charge in [0, 0.05) is 4.47 Å². The quantitative estimate of drug-likeness (QED) is 0.791. The van der Waals surface area contributed by atoms with Gasteiger partial charge in [0.25, 0.3) is 0 Å². The molecule has 104 valence electrons. The first-order valence-electron chi connectivity index (χ1n) is 6.23. The van der Waals surface area contributed by atoms with Gasteiger partial charge < -0.3 is 4.74 Å². The van der Waals surface area contributed by atoms with E-state index in [9.17, 15) is 8.42 Å². The van der Waals surface area contributed by atoms with Crippen LogP contribution in [0.25, 0.3) is 0 Å². The number of rotatable bonds is 4. The molecule has 0 radical (unpaired) electrons. The van der Waals surface area contributed by atoms with Crippen molar-refractivity contribution >= 4 is 25.8 Å². The fraction of sp³-hybridized carbons (Fsp3) is 0.200. The van der Waals surface area contributed by atoms with Gasteiger partial charge in [0.1, 0.15) is 6.10 Å². The molecule has 5 heteroatoms. The molecular formula is C15H13BrO3S. The predicted molar refractivity (Wildman–Crippen MR) is 80.2 cm³/mol. The third-order valence-electron chi connectivity index (χ3n) is 3.19. The van der Waals surface area contributed by atoms with E-state index in [1.807, 2.05) is 24.3 Å². The average molecular weight is 353 g/mol. The Bertz CT molecular complexity index is 719. The molecule has 2 aromatic rings. The molecule has 1 heterocycles. The zero-order valence-corrected chi connectivity index (χ0v) is 13.0. The minimum absolute atomic E-state index is 0.00912. The Kier molecular flexibility index (Phi) is 3.67. The van der Waals surface area contributed by atoms with Gasteiger partial charge in [0.05, 0.1) is 17.3 Å². The summed E-state index contributed by atoms with van der Waals surface area (Å²) in [5, 5.41) is 0. The number of hydrogen-bond donors (Lipinski definition) is 0. The third-order valence-corrected chi connectivity index (χ3v) is 5.42. The summed E-state index contributed by atoms with van der Waals surface area (Å²) >= 11 is 3.30. The average Bonchev–Trinajstić information content (AvgIpc) is 3.23. The van der Waals surface area contributed by atoms with Crippen LogP contribution in [0.3, 0.4) is 0 Å². The molecular weight excluding hydrogens is 340 g/mol. The van der Waals surface area contributed by atoms with Crippen molar-refractivity contribution in [1.82, 2.24) is 0 Å². The summed E-state index contributed by atoms with van der Waals surface area (Å²) in [5.74, 6) is 0.00912. The summed E-state index contributed by atoms with van der Waals surface area (Å²) in [6, 6.07) is 14.3. The van der Waals surface area contributed by atoms with Gasteiger partial charge in [-0.2, -0.15) is 0 Å². The van der Waals surface area contributed by atoms with Gasteiger partial charge in [-0.1, -0.05) is 40.2 Å². The van der Waals surface area contributed by atoms with E-state index in [0.29, 0.717) is 4.90 Å². The largest absolute Gasteiger partial charge is 0.368 e. The number of ether oxygens (including phenoxy) is 1. The molecule has 1 aliphatic rings. The van der Waals surface area contributed by atoms with Gasteiger partial charge in [-0.15, -0.1) is 0 Å². The van der Waals surface area contributed by atoms with Gasteiger partial charge in [-0.3, -0.25) is 0 Å². The van der Waals surface area contributed by atoms with Crippen LogP contribution in [0, 0.1) is 0 Å². The third kappa shape index (κ3) is 3.11. The molecule has 0 aromatic heterocycles. The second kappa shape index (κ2) is 5.31. The van der Waals surface area contributed by atoms with Crippen LogP contribution in [0.15, 0.2) is 57.9 Å². The lowest BCUT2D eigenvalue weighted by molar-refractivity contribution is 0.415. The van der Waals surface area contributed by atoms with Crippen LogP contribution in [-0.2, 0) is 20.3 Å². The zero-order chi connectivity index (χ0) is 14.2. The van der Waals surface area contributed by atoms with Crippen molar-refractivity contribution in [3.8, 4) is 0 Å². The molecule has 0 spiro atoms. The summed E-state index contributed by atoms with van der Waals surface area (Å²) in [7, 11) is -3.31. The van der Waals surface area contributed by atoms with Gasteiger partial charge in [0.15, 0.2) is 9.84 Å². The Morgan fingerprint density at radius 2 is 1.85 bits per heavy atom. The second-order valence-electron chi connectivity index (χ2n) is 4.78. The molecule has 1 saturated heterocycles. The summed E-state index contributed by atoms with van der Waals surface area (Å²) in [4.78, 5) is 0.341. The van der Waals surface area contributed by atoms with E-state index >= 15 is 0 Å². The van der Waals surface area contributed by atoms with Gasteiger partial charge in [-0.05, 0) is 35.4 Å². The Labute approximate surface area is 126 Å². The standard InChI is InChI=1S/C15H13BrO3S/c16-13-4-6-14(7-5-13)20(17,18)10-11-2-1-3-12(8-11)15-9-19-15/h1-8,15H,9-10H2. The van der Waals surface area contributed by atoms with Crippen molar-refractivity contribution in [2.24, 2.45) is 0 Å². The van der Waals surface area contributed by atoms with Crippen LogP contribution >= 0.6 is 15.9 Å². The lowest BCUT2D eigenvalue weighted by atomic mass is 10.1. The zero-order valence-electron chi connectivity index (χ0n) is 10.6. The fourth-order valence-electron chi connectivity index (χ4n) is 2.07. The van der Waals surface area contributed by atoms with E-state index in [4.69, 9.17) is 4.74 Å². The highest BCUT2D eigenvalue weighted by atomic mass is 79.9. The van der Waals surface area contributed by atoms with E-state index in [1.54, 1.807) is 24.3 Å². The molecule has 2 aromatic carbocycles. The van der Waals surface area contributed by atoms with E-state index in [1.165, 1.54) is 0 Å². The monoisotopic (exact) mass is 352 g/mol. The normalized spacial score (nSPS) is 17.9.